The fourth-order valence-corrected chi connectivity index (χ4v) is 3.62. The maximum atomic E-state index is 14.0. The van der Waals surface area contributed by atoms with Gasteiger partial charge in [-0.2, -0.15) is 0 Å². The van der Waals surface area contributed by atoms with E-state index in [9.17, 15) is 22.0 Å². The van der Waals surface area contributed by atoms with E-state index in [4.69, 9.17) is 0 Å². The van der Waals surface area contributed by atoms with Crippen molar-refractivity contribution in [2.75, 3.05) is 17.1 Å². The second-order valence-corrected chi connectivity index (χ2v) is 8.87. The van der Waals surface area contributed by atoms with Gasteiger partial charge in [-0.1, -0.05) is 30.3 Å². The number of carbonyl (C=O) groups is 1. The fraction of sp³-hybridized carbons (Fsp3) is 0.316. The predicted octanol–water partition coefficient (Wildman–Crippen LogP) is 2.87. The summed E-state index contributed by atoms with van der Waals surface area (Å²) in [7, 11) is -3.95. The second-order valence-electron chi connectivity index (χ2n) is 6.96. The van der Waals surface area contributed by atoms with Gasteiger partial charge in [-0.25, -0.2) is 17.2 Å². The molecule has 0 heterocycles. The summed E-state index contributed by atoms with van der Waals surface area (Å²) in [4.78, 5) is 12.4. The molecule has 0 aliphatic carbocycles. The number of amides is 1. The Balaban J connectivity index is 2.16. The van der Waals surface area contributed by atoms with Crippen molar-refractivity contribution in [3.8, 4) is 0 Å². The predicted molar refractivity (Wildman–Crippen MR) is 101 cm³/mol. The number of benzene rings is 2. The summed E-state index contributed by atoms with van der Waals surface area (Å²) in [6.07, 6.45) is 1.39. The third-order valence-corrected chi connectivity index (χ3v) is 4.96. The lowest BCUT2D eigenvalue weighted by Gasteiger charge is -2.29. The number of hydrogen-bond donors (Lipinski definition) is 1. The fourth-order valence-electron chi connectivity index (χ4n) is 2.76. The van der Waals surface area contributed by atoms with E-state index >= 15 is 0 Å². The summed E-state index contributed by atoms with van der Waals surface area (Å²) >= 11 is 0. The lowest BCUT2D eigenvalue weighted by molar-refractivity contribution is -0.121. The molecule has 27 heavy (non-hydrogen) atoms. The van der Waals surface area contributed by atoms with E-state index in [0.29, 0.717) is 16.8 Å². The van der Waals surface area contributed by atoms with Gasteiger partial charge in [0, 0.05) is 11.6 Å². The molecule has 0 spiro atoms. The van der Waals surface area contributed by atoms with Crippen molar-refractivity contribution in [3.63, 3.8) is 0 Å². The van der Waals surface area contributed by atoms with Crippen molar-refractivity contribution in [2.24, 2.45) is 0 Å². The molecular weight excluding hydrogens is 374 g/mol. The van der Waals surface area contributed by atoms with Gasteiger partial charge in [0.2, 0.25) is 15.9 Å². The van der Waals surface area contributed by atoms with Crippen LogP contribution in [0.5, 0.6) is 0 Å². The first kappa shape index (κ1) is 20.8. The van der Waals surface area contributed by atoms with Crippen LogP contribution in [0.25, 0.3) is 0 Å². The topological polar surface area (TPSA) is 66.5 Å². The molecule has 0 aromatic heterocycles. The molecular formula is C19H22F2N2O3S. The maximum Gasteiger partial charge on any atom is 0.241 e. The molecule has 0 aliphatic heterocycles. The van der Waals surface area contributed by atoms with E-state index in [1.165, 1.54) is 0 Å². The normalized spacial score (nSPS) is 11.9. The molecule has 1 N–H and O–H groups in total. The van der Waals surface area contributed by atoms with Crippen molar-refractivity contribution in [2.45, 2.75) is 25.8 Å². The smallest absolute Gasteiger partial charge is 0.241 e. The summed E-state index contributed by atoms with van der Waals surface area (Å²) < 4.78 is 51.9. The van der Waals surface area contributed by atoms with Crippen LogP contribution in [0, 0.1) is 11.6 Å². The highest BCUT2D eigenvalue weighted by Crippen LogP contribution is 2.22. The van der Waals surface area contributed by atoms with Crippen molar-refractivity contribution in [3.05, 3.63) is 65.7 Å². The zero-order valence-corrected chi connectivity index (χ0v) is 16.2. The number of rotatable bonds is 7. The van der Waals surface area contributed by atoms with Crippen molar-refractivity contribution < 1.29 is 22.0 Å². The Morgan fingerprint density at radius 3 is 2.30 bits per heavy atom. The third-order valence-electron chi connectivity index (χ3n) is 3.83. The molecule has 0 aliphatic rings. The Morgan fingerprint density at radius 1 is 1.11 bits per heavy atom. The molecule has 0 atom stereocenters. The molecule has 0 saturated carbocycles. The lowest BCUT2D eigenvalue weighted by atomic mass is 9.95. The highest BCUT2D eigenvalue weighted by atomic mass is 32.2. The average molecular weight is 396 g/mol. The van der Waals surface area contributed by atoms with Crippen LogP contribution in [0.2, 0.25) is 0 Å². The summed E-state index contributed by atoms with van der Waals surface area (Å²) in [5.74, 6) is -2.49. The number of anilines is 1. The van der Waals surface area contributed by atoms with Crippen LogP contribution in [0.15, 0.2) is 48.5 Å². The zero-order chi connectivity index (χ0) is 20.2. The van der Waals surface area contributed by atoms with Gasteiger partial charge in [0.25, 0.3) is 0 Å². The molecule has 8 heteroatoms. The van der Waals surface area contributed by atoms with E-state index in [1.807, 2.05) is 30.3 Å². The number of halogens is 2. The van der Waals surface area contributed by atoms with Gasteiger partial charge in [-0.05, 0) is 38.0 Å². The van der Waals surface area contributed by atoms with Crippen LogP contribution in [0.3, 0.4) is 0 Å². The van der Waals surface area contributed by atoms with Gasteiger partial charge < -0.3 is 5.32 Å². The van der Waals surface area contributed by atoms with Crippen LogP contribution in [-0.2, 0) is 21.2 Å². The molecule has 2 aromatic carbocycles. The average Bonchev–Trinajstić information content (AvgIpc) is 2.52. The Labute approximate surface area is 158 Å². The highest BCUT2D eigenvalue weighted by molar-refractivity contribution is 7.92. The van der Waals surface area contributed by atoms with Gasteiger partial charge in [0.1, 0.15) is 18.2 Å². The minimum Gasteiger partial charge on any atom is -0.349 e. The van der Waals surface area contributed by atoms with E-state index in [0.717, 1.165) is 24.0 Å². The molecule has 2 rings (SSSR count). The summed E-state index contributed by atoms with van der Waals surface area (Å²) in [5.41, 5.74) is -0.0228. The Hall–Kier alpha value is -2.48. The van der Waals surface area contributed by atoms with Crippen molar-refractivity contribution >= 4 is 21.6 Å². The zero-order valence-electron chi connectivity index (χ0n) is 15.4. The van der Waals surface area contributed by atoms with Crippen molar-refractivity contribution in [1.82, 2.24) is 5.32 Å². The van der Waals surface area contributed by atoms with Gasteiger partial charge in [0.15, 0.2) is 0 Å². The van der Waals surface area contributed by atoms with Gasteiger partial charge in [-0.15, -0.1) is 0 Å². The molecule has 0 saturated heterocycles. The summed E-state index contributed by atoms with van der Waals surface area (Å²) in [5, 5.41) is 2.77. The largest absolute Gasteiger partial charge is 0.349 e. The number of sulfonamides is 1. The number of hydrogen-bond acceptors (Lipinski definition) is 3. The summed E-state index contributed by atoms with van der Waals surface area (Å²) in [6, 6.07) is 12.0. The van der Waals surface area contributed by atoms with Crippen LogP contribution >= 0.6 is 0 Å². The second kappa shape index (κ2) is 8.04. The van der Waals surface area contributed by atoms with Crippen LogP contribution < -0.4 is 9.62 Å². The molecule has 0 radical (unpaired) electrons. The quantitative estimate of drug-likeness (QED) is 0.783. The Kier molecular flexibility index (Phi) is 6.20. The Bertz CT molecular complexity index is 916. The van der Waals surface area contributed by atoms with Crippen LogP contribution in [-0.4, -0.2) is 32.7 Å². The standard InChI is InChI=1S/C19H22F2N2O3S/c1-19(2,12-14-7-5-4-6-8-14)22-18(24)13-23(27(3,25)26)17-10-9-15(20)11-16(17)21/h4-11H,12-13H2,1-3H3,(H,22,24). The van der Waals surface area contributed by atoms with Crippen molar-refractivity contribution in [1.29, 1.82) is 0 Å². The molecule has 5 nitrogen and oxygen atoms in total. The first-order valence-corrected chi connectivity index (χ1v) is 10.1. The lowest BCUT2D eigenvalue weighted by Crippen LogP contribution is -2.50. The molecule has 0 fully saturated rings. The van der Waals surface area contributed by atoms with Crippen LogP contribution in [0.1, 0.15) is 19.4 Å². The van der Waals surface area contributed by atoms with Gasteiger partial charge in [0.05, 0.1) is 11.9 Å². The molecule has 0 unspecified atom stereocenters. The Morgan fingerprint density at radius 2 is 1.74 bits per heavy atom. The highest BCUT2D eigenvalue weighted by Gasteiger charge is 2.27. The SMILES string of the molecule is CC(C)(Cc1ccccc1)NC(=O)CN(c1ccc(F)cc1F)S(C)(=O)=O. The van der Waals surface area contributed by atoms with Crippen LogP contribution in [0.4, 0.5) is 14.5 Å². The first-order chi connectivity index (χ1) is 12.5. The molecule has 146 valence electrons. The maximum absolute atomic E-state index is 14.0. The first-order valence-electron chi connectivity index (χ1n) is 8.26. The van der Waals surface area contributed by atoms with E-state index < -0.39 is 39.6 Å². The third kappa shape index (κ3) is 6.02. The van der Waals surface area contributed by atoms with E-state index in [1.54, 1.807) is 13.8 Å². The molecule has 1 amide bonds. The van der Waals surface area contributed by atoms with E-state index in [2.05, 4.69) is 5.32 Å². The summed E-state index contributed by atoms with van der Waals surface area (Å²) in [6.45, 7) is 3.00. The minimum absolute atomic E-state index is 0.380. The van der Waals surface area contributed by atoms with Gasteiger partial charge >= 0.3 is 0 Å². The molecule has 2 aromatic rings. The number of nitrogens with zero attached hydrogens (tertiary/aromatic N) is 1. The number of carbonyl (C=O) groups excluding carboxylic acids is 1. The molecule has 0 bridgehead atoms. The number of nitrogens with one attached hydrogen (secondary N) is 1. The minimum atomic E-state index is -3.95. The monoisotopic (exact) mass is 396 g/mol. The van der Waals surface area contributed by atoms with Gasteiger partial charge in [-0.3, -0.25) is 9.10 Å². The van der Waals surface area contributed by atoms with E-state index in [-0.39, 0.29) is 5.69 Å².